The zero-order valence-electron chi connectivity index (χ0n) is 27.9. The van der Waals surface area contributed by atoms with Gasteiger partial charge in [0.1, 0.15) is 24.1 Å². The average molecular weight is 680 g/mol. The lowest BCUT2D eigenvalue weighted by molar-refractivity contribution is -0.166. The van der Waals surface area contributed by atoms with Crippen LogP contribution in [0.2, 0.25) is 0 Å². The fourth-order valence-electron chi connectivity index (χ4n) is 8.08. The molecule has 5 aromatic rings. The molecule has 1 spiro atoms. The minimum Gasteiger partial charge on any atom is -0.459 e. The Morgan fingerprint density at radius 3 is 1.66 bits per heavy atom. The van der Waals surface area contributed by atoms with E-state index < -0.39 is 22.4 Å². The van der Waals surface area contributed by atoms with Crippen LogP contribution in [0.4, 0.5) is 0 Å². The van der Waals surface area contributed by atoms with Crippen LogP contribution in [0.3, 0.4) is 0 Å². The number of benzene rings is 5. The van der Waals surface area contributed by atoms with Crippen molar-refractivity contribution in [3.05, 3.63) is 179 Å². The fourth-order valence-corrected chi connectivity index (χ4v) is 9.98. The summed E-state index contributed by atoms with van der Waals surface area (Å²) in [6.07, 6.45) is 1.59. The number of β-lactam (4-membered cyclic amide) rings is 1. The van der Waals surface area contributed by atoms with Crippen LogP contribution < -0.4 is 5.32 Å². The number of carbonyl (C=O) groups excluding carboxylic acids is 2. The number of rotatable bonds is 10. The van der Waals surface area contributed by atoms with E-state index >= 15 is 0 Å². The molecule has 3 aliphatic rings. The normalized spacial score (nSPS) is 21.4. The van der Waals surface area contributed by atoms with E-state index in [1.807, 2.05) is 95.9 Å². The van der Waals surface area contributed by atoms with Crippen LogP contribution in [0.1, 0.15) is 40.7 Å². The average Bonchev–Trinajstić information content (AvgIpc) is 3.47. The van der Waals surface area contributed by atoms with Crippen molar-refractivity contribution < 1.29 is 14.3 Å². The van der Waals surface area contributed by atoms with E-state index in [9.17, 15) is 9.59 Å². The predicted molar refractivity (Wildman–Crippen MR) is 198 cm³/mol. The molecule has 1 N–H and O–H groups in total. The number of likely N-dealkylation sites (tertiary alicyclic amines) is 1. The van der Waals surface area contributed by atoms with Gasteiger partial charge in [0, 0.05) is 6.54 Å². The van der Waals surface area contributed by atoms with Gasteiger partial charge in [0.2, 0.25) is 5.91 Å². The lowest BCUT2D eigenvalue weighted by Gasteiger charge is -2.49. The monoisotopic (exact) mass is 679 g/mol. The van der Waals surface area contributed by atoms with Crippen LogP contribution in [-0.2, 0) is 33.0 Å². The van der Waals surface area contributed by atoms with E-state index in [1.54, 1.807) is 11.8 Å². The summed E-state index contributed by atoms with van der Waals surface area (Å²) in [5.41, 5.74) is 4.57. The van der Waals surface area contributed by atoms with Crippen molar-refractivity contribution in [2.45, 2.75) is 53.7 Å². The molecule has 7 heteroatoms. The highest BCUT2D eigenvalue weighted by Gasteiger charge is 2.68. The molecule has 50 heavy (non-hydrogen) atoms. The Kier molecular flexibility index (Phi) is 9.04. The molecule has 8 rings (SSSR count). The van der Waals surface area contributed by atoms with Crippen LogP contribution in [0.25, 0.3) is 0 Å². The zero-order chi connectivity index (χ0) is 34.0. The highest BCUT2D eigenvalue weighted by Crippen LogP contribution is 2.57. The second kappa shape index (κ2) is 13.9. The molecule has 0 radical (unpaired) electrons. The minimum absolute atomic E-state index is 0.0556. The van der Waals surface area contributed by atoms with Crippen molar-refractivity contribution in [1.29, 1.82) is 0 Å². The van der Waals surface area contributed by atoms with Crippen LogP contribution in [0.5, 0.6) is 0 Å². The molecule has 0 saturated carbocycles. The number of piperidine rings is 1. The third kappa shape index (κ3) is 5.93. The Hall–Kier alpha value is -4.69. The molecule has 3 unspecified atom stereocenters. The number of ether oxygens (including phenoxy) is 1. The van der Waals surface area contributed by atoms with Gasteiger partial charge in [-0.3, -0.25) is 15.0 Å². The van der Waals surface area contributed by atoms with Gasteiger partial charge in [0.25, 0.3) is 0 Å². The summed E-state index contributed by atoms with van der Waals surface area (Å²) in [7, 11) is 0. The predicted octanol–water partition coefficient (Wildman–Crippen LogP) is 7.00. The van der Waals surface area contributed by atoms with Crippen molar-refractivity contribution >= 4 is 23.6 Å². The molecule has 0 bridgehead atoms. The maximum Gasteiger partial charge on any atom is 0.330 e. The summed E-state index contributed by atoms with van der Waals surface area (Å²) < 4.78 is 5.59. The lowest BCUT2D eigenvalue weighted by atomic mass is 9.75. The second-order valence-corrected chi connectivity index (χ2v) is 15.1. The second-order valence-electron chi connectivity index (χ2n) is 13.5. The van der Waals surface area contributed by atoms with Crippen molar-refractivity contribution in [2.75, 3.05) is 13.1 Å². The third-order valence-electron chi connectivity index (χ3n) is 10.6. The number of carbonyl (C=O) groups is 2. The van der Waals surface area contributed by atoms with E-state index in [0.717, 1.165) is 54.7 Å². The summed E-state index contributed by atoms with van der Waals surface area (Å²) in [6, 6.07) is 50.3. The smallest absolute Gasteiger partial charge is 0.330 e. The van der Waals surface area contributed by atoms with Crippen molar-refractivity contribution in [3.63, 3.8) is 0 Å². The molecule has 0 aromatic heterocycles. The Morgan fingerprint density at radius 1 is 0.700 bits per heavy atom. The molecule has 5 aromatic carbocycles. The van der Waals surface area contributed by atoms with E-state index in [-0.39, 0.29) is 23.9 Å². The number of nitrogens with one attached hydrogen (secondary N) is 1. The van der Waals surface area contributed by atoms with Crippen molar-refractivity contribution in [2.24, 2.45) is 0 Å². The van der Waals surface area contributed by atoms with Gasteiger partial charge in [-0.25, -0.2) is 4.79 Å². The van der Waals surface area contributed by atoms with Crippen LogP contribution in [0.15, 0.2) is 152 Å². The fraction of sp³-hybridized carbons (Fsp3) is 0.256. The molecule has 6 nitrogen and oxygen atoms in total. The van der Waals surface area contributed by atoms with Gasteiger partial charge in [-0.1, -0.05) is 152 Å². The van der Waals surface area contributed by atoms with Crippen LogP contribution in [-0.4, -0.2) is 57.0 Å². The van der Waals surface area contributed by atoms with Gasteiger partial charge in [0.15, 0.2) is 0 Å². The topological polar surface area (TPSA) is 61.9 Å². The molecule has 3 saturated heterocycles. The molecular formula is C43H41N3O3S. The third-order valence-corrected chi connectivity index (χ3v) is 12.4. The largest absolute Gasteiger partial charge is 0.459 e. The molecule has 0 aliphatic carbocycles. The summed E-state index contributed by atoms with van der Waals surface area (Å²) in [4.78, 5) is 33.1. The molecule has 1 amide bonds. The van der Waals surface area contributed by atoms with Gasteiger partial charge >= 0.3 is 5.97 Å². The molecule has 252 valence electrons. The number of hydrogen-bond acceptors (Lipinski definition) is 6. The quantitative estimate of drug-likeness (QED) is 0.0975. The lowest BCUT2D eigenvalue weighted by Crippen LogP contribution is -2.73. The molecule has 3 aliphatic heterocycles. The van der Waals surface area contributed by atoms with Crippen molar-refractivity contribution in [3.8, 4) is 0 Å². The Labute approximate surface area is 298 Å². The first-order valence-corrected chi connectivity index (χ1v) is 18.4. The molecule has 3 heterocycles. The van der Waals surface area contributed by atoms with Gasteiger partial charge < -0.3 is 9.64 Å². The van der Waals surface area contributed by atoms with Gasteiger partial charge in [0.05, 0.1) is 10.3 Å². The first-order chi connectivity index (χ1) is 24.6. The van der Waals surface area contributed by atoms with Gasteiger partial charge in [-0.15, -0.1) is 11.8 Å². The number of nitrogens with zero attached hydrogens (tertiary/aromatic N) is 2. The number of esters is 1. The highest BCUT2D eigenvalue weighted by molar-refractivity contribution is 8.01. The summed E-state index contributed by atoms with van der Waals surface area (Å²) in [6.45, 7) is 2.75. The van der Waals surface area contributed by atoms with E-state index in [4.69, 9.17) is 4.74 Å². The minimum atomic E-state index is -0.797. The van der Waals surface area contributed by atoms with Gasteiger partial charge in [-0.2, -0.15) is 0 Å². The van der Waals surface area contributed by atoms with Crippen molar-refractivity contribution in [1.82, 2.24) is 15.1 Å². The van der Waals surface area contributed by atoms with E-state index in [2.05, 4.69) is 70.9 Å². The molecule has 3 fully saturated rings. The Bertz CT molecular complexity index is 1810. The molecular weight excluding hydrogens is 639 g/mol. The Morgan fingerprint density at radius 2 is 1.16 bits per heavy atom. The van der Waals surface area contributed by atoms with Crippen LogP contribution in [0, 0.1) is 0 Å². The Balaban J connectivity index is 1.12. The standard InChI is InChI=1S/C43H41N3O3S/c47-39-37(44-43(34-20-10-3-11-21-34,35-22-12-4-13-23-35)36-24-14-5-15-25-36)40-46(39)38(41(48)49-31-33-18-8-2-9-19-33)42(50-40)26-28-45(29-27-42)30-32-16-6-1-7-17-32/h1-25,37-38,40,44H,26-31H2. The number of hydrogen-bond donors (Lipinski definition) is 1. The van der Waals surface area contributed by atoms with Gasteiger partial charge in [-0.05, 0) is 53.7 Å². The van der Waals surface area contributed by atoms with E-state index in [0.29, 0.717) is 0 Å². The SMILES string of the molecule is O=C(OCc1ccccc1)C1N2C(=O)C(NC(c3ccccc3)(c3ccccc3)c3ccccc3)C2SC12CCN(Cc1ccccc1)CC2. The maximum absolute atomic E-state index is 14.6. The summed E-state index contributed by atoms with van der Waals surface area (Å²) in [5, 5.41) is 3.73. The van der Waals surface area contributed by atoms with E-state index in [1.165, 1.54) is 5.56 Å². The summed E-state index contributed by atoms with van der Waals surface area (Å²) in [5.74, 6) is -0.368. The number of thioether (sulfide) groups is 1. The maximum atomic E-state index is 14.6. The zero-order valence-corrected chi connectivity index (χ0v) is 28.8. The molecule has 3 atom stereocenters. The highest BCUT2D eigenvalue weighted by atomic mass is 32.2. The number of amides is 1. The summed E-state index contributed by atoms with van der Waals surface area (Å²) >= 11 is 1.80. The number of fused-ring (bicyclic) bond motifs is 1. The first kappa shape index (κ1) is 32.5. The first-order valence-electron chi connectivity index (χ1n) is 17.5. The van der Waals surface area contributed by atoms with Crippen LogP contribution >= 0.6 is 11.8 Å².